The van der Waals surface area contributed by atoms with Gasteiger partial charge in [0.25, 0.3) is 0 Å². The number of hydrogen-bond acceptors (Lipinski definition) is 4. The van der Waals surface area contributed by atoms with Crippen molar-refractivity contribution in [2.45, 2.75) is 39.7 Å². The van der Waals surface area contributed by atoms with E-state index >= 15 is 0 Å². The molecule has 5 aromatic rings. The zero-order valence-corrected chi connectivity index (χ0v) is 26.0. The standard InChI is InChI=1S/C41H36O4/c1-5-33-24-30(8-9-31-12-17-38-28-40(45-29(3)4)21-19-36(38)25-31)10-14-34(33)15-11-32-13-16-37-27-39(20-18-35(37)26-32)43-22-7-23-44-41(42)6-2/h6,10,12-14,16-21,24-29H,2,5,7,22-23H2,1,3-4H3. The number of carbonyl (C=O) groups is 1. The lowest BCUT2D eigenvalue weighted by Crippen LogP contribution is -2.06. The minimum absolute atomic E-state index is 0.147. The second-order valence-corrected chi connectivity index (χ2v) is 10.9. The van der Waals surface area contributed by atoms with Gasteiger partial charge >= 0.3 is 5.97 Å². The molecule has 0 bridgehead atoms. The number of carbonyl (C=O) groups excluding carboxylic acids is 1. The Morgan fingerprint density at radius 3 is 1.91 bits per heavy atom. The van der Waals surface area contributed by atoms with Crippen LogP contribution in [-0.4, -0.2) is 25.3 Å². The molecule has 4 heteroatoms. The van der Waals surface area contributed by atoms with E-state index in [0.29, 0.717) is 19.6 Å². The van der Waals surface area contributed by atoms with Gasteiger partial charge in [-0.1, -0.05) is 61.4 Å². The van der Waals surface area contributed by atoms with E-state index < -0.39 is 5.97 Å². The molecule has 0 saturated heterocycles. The SMILES string of the molecule is C=CC(=O)OCCCOc1ccc2cc(C#Cc3ccc(C#Cc4ccc5cc(OC(C)C)ccc5c4)cc3CC)ccc2c1. The predicted molar refractivity (Wildman–Crippen MR) is 183 cm³/mol. The summed E-state index contributed by atoms with van der Waals surface area (Å²) in [7, 11) is 0. The van der Waals surface area contributed by atoms with Crippen LogP contribution in [0, 0.1) is 23.7 Å². The minimum atomic E-state index is -0.419. The Balaban J connectivity index is 1.25. The van der Waals surface area contributed by atoms with Crippen LogP contribution in [0.4, 0.5) is 0 Å². The number of hydrogen-bond donors (Lipinski definition) is 0. The summed E-state index contributed by atoms with van der Waals surface area (Å²) in [6.45, 7) is 10.4. The van der Waals surface area contributed by atoms with E-state index in [0.717, 1.165) is 67.8 Å². The third-order valence-electron chi connectivity index (χ3n) is 7.14. The largest absolute Gasteiger partial charge is 0.493 e. The van der Waals surface area contributed by atoms with Crippen molar-refractivity contribution in [3.8, 4) is 35.2 Å². The molecule has 224 valence electrons. The van der Waals surface area contributed by atoms with Gasteiger partial charge in [0.05, 0.1) is 19.3 Å². The molecule has 45 heavy (non-hydrogen) atoms. The zero-order chi connectivity index (χ0) is 31.6. The maximum Gasteiger partial charge on any atom is 0.330 e. The number of fused-ring (bicyclic) bond motifs is 2. The van der Waals surface area contributed by atoms with Gasteiger partial charge in [-0.3, -0.25) is 0 Å². The van der Waals surface area contributed by atoms with E-state index in [1.807, 2.05) is 50.2 Å². The van der Waals surface area contributed by atoms with E-state index in [2.05, 4.69) is 91.8 Å². The molecule has 0 aliphatic rings. The maximum atomic E-state index is 11.1. The molecule has 5 aromatic carbocycles. The van der Waals surface area contributed by atoms with Crippen molar-refractivity contribution < 1.29 is 19.0 Å². The lowest BCUT2D eigenvalue weighted by atomic mass is 10.0. The molecule has 0 unspecified atom stereocenters. The molecular formula is C41H36O4. The first-order chi connectivity index (χ1) is 21.9. The monoisotopic (exact) mass is 592 g/mol. The Hall–Kier alpha value is -5.45. The highest BCUT2D eigenvalue weighted by Crippen LogP contribution is 2.24. The van der Waals surface area contributed by atoms with Gasteiger partial charge in [0.1, 0.15) is 11.5 Å². The van der Waals surface area contributed by atoms with Crippen LogP contribution in [0.5, 0.6) is 11.5 Å². The summed E-state index contributed by atoms with van der Waals surface area (Å²) in [6, 6.07) is 30.8. The van der Waals surface area contributed by atoms with Gasteiger partial charge < -0.3 is 14.2 Å². The van der Waals surface area contributed by atoms with Gasteiger partial charge in [-0.05, 0) is 114 Å². The molecule has 0 atom stereocenters. The van der Waals surface area contributed by atoms with Crippen LogP contribution < -0.4 is 9.47 Å². The van der Waals surface area contributed by atoms with Crippen LogP contribution in [-0.2, 0) is 16.0 Å². The smallest absolute Gasteiger partial charge is 0.330 e. The van der Waals surface area contributed by atoms with Gasteiger partial charge in [-0.2, -0.15) is 0 Å². The predicted octanol–water partition coefficient (Wildman–Crippen LogP) is 8.64. The van der Waals surface area contributed by atoms with E-state index in [1.165, 1.54) is 5.56 Å². The number of benzene rings is 5. The summed E-state index contributed by atoms with van der Waals surface area (Å²) in [5.41, 5.74) is 5.08. The summed E-state index contributed by atoms with van der Waals surface area (Å²) >= 11 is 0. The van der Waals surface area contributed by atoms with Crippen molar-refractivity contribution in [3.63, 3.8) is 0 Å². The maximum absolute atomic E-state index is 11.1. The third-order valence-corrected chi connectivity index (χ3v) is 7.14. The fourth-order valence-electron chi connectivity index (χ4n) is 4.89. The highest BCUT2D eigenvalue weighted by atomic mass is 16.5. The molecule has 0 aliphatic carbocycles. The van der Waals surface area contributed by atoms with E-state index in [1.54, 1.807) is 0 Å². The van der Waals surface area contributed by atoms with Crippen molar-refractivity contribution in [1.29, 1.82) is 0 Å². The zero-order valence-electron chi connectivity index (χ0n) is 26.0. The molecule has 0 radical (unpaired) electrons. The van der Waals surface area contributed by atoms with E-state index in [-0.39, 0.29) is 6.10 Å². The quantitative estimate of drug-likeness (QED) is 0.0744. The number of aryl methyl sites for hydroxylation is 1. The second-order valence-electron chi connectivity index (χ2n) is 10.9. The Kier molecular flexibility index (Phi) is 10.2. The Bertz CT molecular complexity index is 1980. The fourth-order valence-corrected chi connectivity index (χ4v) is 4.89. The van der Waals surface area contributed by atoms with Crippen molar-refractivity contribution >= 4 is 27.5 Å². The Morgan fingerprint density at radius 1 is 0.711 bits per heavy atom. The number of esters is 1. The van der Waals surface area contributed by atoms with Crippen LogP contribution in [0.2, 0.25) is 0 Å². The second kappa shape index (κ2) is 14.8. The fraction of sp³-hybridized carbons (Fsp3) is 0.195. The van der Waals surface area contributed by atoms with Crippen molar-refractivity contribution in [1.82, 2.24) is 0 Å². The van der Waals surface area contributed by atoms with Gasteiger partial charge in [-0.15, -0.1) is 0 Å². The molecule has 0 aliphatic heterocycles. The molecule has 4 nitrogen and oxygen atoms in total. The van der Waals surface area contributed by atoms with Crippen LogP contribution in [0.15, 0.2) is 104 Å². The molecule has 0 spiro atoms. The molecule has 0 amide bonds. The van der Waals surface area contributed by atoms with Gasteiger partial charge in [-0.25, -0.2) is 4.79 Å². The van der Waals surface area contributed by atoms with Crippen LogP contribution >= 0.6 is 0 Å². The summed E-state index contributed by atoms with van der Waals surface area (Å²) in [5, 5.41) is 4.44. The first-order valence-corrected chi connectivity index (χ1v) is 15.2. The topological polar surface area (TPSA) is 44.8 Å². The highest BCUT2D eigenvalue weighted by Gasteiger charge is 2.04. The summed E-state index contributed by atoms with van der Waals surface area (Å²) < 4.78 is 16.6. The van der Waals surface area contributed by atoms with Gasteiger partial charge in [0.15, 0.2) is 0 Å². The van der Waals surface area contributed by atoms with Gasteiger partial charge in [0.2, 0.25) is 0 Å². The Morgan fingerprint density at radius 2 is 1.27 bits per heavy atom. The summed E-state index contributed by atoms with van der Waals surface area (Å²) in [5.74, 6) is 14.6. The molecule has 5 rings (SSSR count). The minimum Gasteiger partial charge on any atom is -0.493 e. The Labute approximate surface area is 265 Å². The van der Waals surface area contributed by atoms with Crippen LogP contribution in [0.3, 0.4) is 0 Å². The van der Waals surface area contributed by atoms with Crippen LogP contribution in [0.25, 0.3) is 21.5 Å². The third kappa shape index (κ3) is 8.56. The summed E-state index contributed by atoms with van der Waals surface area (Å²) in [6.07, 6.45) is 2.78. The first kappa shape index (κ1) is 31.0. The normalized spacial score (nSPS) is 10.5. The van der Waals surface area contributed by atoms with Gasteiger partial charge in [0, 0.05) is 34.8 Å². The lowest BCUT2D eigenvalue weighted by Gasteiger charge is -2.10. The molecule has 0 heterocycles. The average molecular weight is 593 g/mol. The average Bonchev–Trinajstić information content (AvgIpc) is 3.05. The molecule has 0 N–H and O–H groups in total. The van der Waals surface area contributed by atoms with Crippen molar-refractivity contribution in [2.75, 3.05) is 13.2 Å². The molecule has 0 aromatic heterocycles. The molecular weight excluding hydrogens is 556 g/mol. The summed E-state index contributed by atoms with van der Waals surface area (Å²) in [4.78, 5) is 11.1. The van der Waals surface area contributed by atoms with E-state index in [4.69, 9.17) is 14.2 Å². The molecule has 0 fully saturated rings. The number of ether oxygens (including phenoxy) is 3. The first-order valence-electron chi connectivity index (χ1n) is 15.2. The van der Waals surface area contributed by atoms with Crippen molar-refractivity contribution in [2.24, 2.45) is 0 Å². The van der Waals surface area contributed by atoms with Crippen LogP contribution in [0.1, 0.15) is 55.0 Å². The highest BCUT2D eigenvalue weighted by molar-refractivity contribution is 5.86. The van der Waals surface area contributed by atoms with Crippen molar-refractivity contribution in [3.05, 3.63) is 131 Å². The molecule has 0 saturated carbocycles. The van der Waals surface area contributed by atoms with E-state index in [9.17, 15) is 4.79 Å². The number of rotatable bonds is 9. The lowest BCUT2D eigenvalue weighted by molar-refractivity contribution is -0.137.